The number of piperazine rings is 1. The first-order valence-electron chi connectivity index (χ1n) is 9.32. The van der Waals surface area contributed by atoms with Crippen molar-refractivity contribution < 1.29 is 24.2 Å². The van der Waals surface area contributed by atoms with E-state index in [-0.39, 0.29) is 24.9 Å². The first kappa shape index (κ1) is 20.4. The van der Waals surface area contributed by atoms with Crippen LogP contribution in [0.25, 0.3) is 0 Å². The Kier molecular flexibility index (Phi) is 6.16. The van der Waals surface area contributed by atoms with Gasteiger partial charge in [-0.1, -0.05) is 30.3 Å². The van der Waals surface area contributed by atoms with Gasteiger partial charge in [0.15, 0.2) is 0 Å². The van der Waals surface area contributed by atoms with Crippen molar-refractivity contribution in [2.45, 2.75) is 25.3 Å². The van der Waals surface area contributed by atoms with Gasteiger partial charge in [0.25, 0.3) is 6.47 Å². The molecule has 2 saturated heterocycles. The Bertz CT molecular complexity index is 869. The number of aromatic amines is 1. The van der Waals surface area contributed by atoms with Crippen LogP contribution in [0.2, 0.25) is 0 Å². The monoisotopic (exact) mass is 400 g/mol. The van der Waals surface area contributed by atoms with E-state index in [1.54, 1.807) is 11.2 Å². The first-order chi connectivity index (χ1) is 14.0. The minimum atomic E-state index is -0.493. The van der Waals surface area contributed by atoms with Gasteiger partial charge in [0.2, 0.25) is 5.91 Å². The lowest BCUT2D eigenvalue weighted by molar-refractivity contribution is -0.134. The van der Waals surface area contributed by atoms with Gasteiger partial charge in [-0.15, -0.1) is 0 Å². The lowest BCUT2D eigenvalue weighted by Gasteiger charge is -2.44. The number of hydrogen-bond acceptors (Lipinski definition) is 5. The van der Waals surface area contributed by atoms with Gasteiger partial charge in [0.05, 0.1) is 18.4 Å². The summed E-state index contributed by atoms with van der Waals surface area (Å²) in [6, 6.07) is 10.0. The normalized spacial score (nSPS) is 20.4. The molecule has 2 N–H and O–H groups in total. The van der Waals surface area contributed by atoms with Crippen molar-refractivity contribution in [2.24, 2.45) is 0 Å². The predicted octanol–water partition coefficient (Wildman–Crippen LogP) is 1.24. The second-order valence-corrected chi connectivity index (χ2v) is 7.16. The number of nitrogens with zero attached hydrogens (tertiary/aromatic N) is 3. The minimum absolute atomic E-state index is 0.0339. The number of rotatable bonds is 4. The molecule has 1 atom stereocenters. The van der Waals surface area contributed by atoms with Crippen LogP contribution in [0, 0.1) is 6.92 Å². The van der Waals surface area contributed by atoms with Crippen LogP contribution in [0.1, 0.15) is 17.0 Å². The van der Waals surface area contributed by atoms with E-state index >= 15 is 0 Å². The van der Waals surface area contributed by atoms with E-state index in [1.807, 2.05) is 42.2 Å². The standard InChI is InChI=1S/C19H22N4O3.CH2O2/c1-14-16(21-13-20-14)9-17(24)22-7-8-23-18(25)26-12-19(23,11-22)10-15-5-3-2-4-6-15;2-1-3/h2-6,13H,7-12H2,1H3,(H,20,21);1H,(H,2,3). The Hall–Kier alpha value is -3.36. The van der Waals surface area contributed by atoms with E-state index in [4.69, 9.17) is 14.6 Å². The third-order valence-corrected chi connectivity index (χ3v) is 5.32. The number of benzene rings is 1. The fourth-order valence-corrected chi connectivity index (χ4v) is 3.87. The number of ether oxygens (including phenoxy) is 1. The maximum absolute atomic E-state index is 12.8. The SMILES string of the molecule is Cc1[nH]cnc1CC(=O)N1CCN2C(=O)OCC2(Cc2ccccc2)C1.O=CO. The number of aryl methyl sites for hydroxylation is 1. The quantitative estimate of drug-likeness (QED) is 0.746. The van der Waals surface area contributed by atoms with Crippen molar-refractivity contribution in [1.82, 2.24) is 19.8 Å². The zero-order valence-electron chi connectivity index (χ0n) is 16.2. The van der Waals surface area contributed by atoms with Gasteiger partial charge < -0.3 is 19.7 Å². The summed E-state index contributed by atoms with van der Waals surface area (Å²) in [5, 5.41) is 6.89. The van der Waals surface area contributed by atoms with Crippen molar-refractivity contribution in [1.29, 1.82) is 0 Å². The number of hydrogen-bond donors (Lipinski definition) is 2. The van der Waals surface area contributed by atoms with E-state index in [0.29, 0.717) is 32.7 Å². The molecular weight excluding hydrogens is 376 g/mol. The Balaban J connectivity index is 0.000000755. The number of H-pyrrole nitrogens is 1. The summed E-state index contributed by atoms with van der Waals surface area (Å²) in [7, 11) is 0. The second-order valence-electron chi connectivity index (χ2n) is 7.16. The average Bonchev–Trinajstić information content (AvgIpc) is 3.26. The smallest absolute Gasteiger partial charge is 0.410 e. The van der Waals surface area contributed by atoms with Gasteiger partial charge in [-0.25, -0.2) is 9.78 Å². The number of carboxylic acid groups (broad SMARTS) is 1. The predicted molar refractivity (Wildman–Crippen MR) is 103 cm³/mol. The molecule has 4 rings (SSSR count). The van der Waals surface area contributed by atoms with Gasteiger partial charge in [-0.3, -0.25) is 14.5 Å². The molecule has 1 aromatic carbocycles. The van der Waals surface area contributed by atoms with Gasteiger partial charge in [0.1, 0.15) is 12.1 Å². The lowest BCUT2D eigenvalue weighted by Crippen LogP contribution is -2.63. The Morgan fingerprint density at radius 1 is 1.34 bits per heavy atom. The van der Waals surface area contributed by atoms with Crippen molar-refractivity contribution in [3.8, 4) is 0 Å². The molecule has 3 heterocycles. The van der Waals surface area contributed by atoms with E-state index in [1.165, 1.54) is 0 Å². The first-order valence-corrected chi connectivity index (χ1v) is 9.32. The van der Waals surface area contributed by atoms with Crippen molar-refractivity contribution >= 4 is 18.5 Å². The number of amides is 2. The fraction of sp³-hybridized carbons (Fsp3) is 0.400. The number of carbonyl (C=O) groups excluding carboxylic acids is 2. The van der Waals surface area contributed by atoms with Crippen molar-refractivity contribution in [3.63, 3.8) is 0 Å². The Labute approximate surface area is 168 Å². The molecule has 154 valence electrons. The molecule has 2 fully saturated rings. The minimum Gasteiger partial charge on any atom is -0.483 e. The van der Waals surface area contributed by atoms with Crippen LogP contribution in [0.15, 0.2) is 36.7 Å². The van der Waals surface area contributed by atoms with E-state index in [0.717, 1.165) is 17.0 Å². The van der Waals surface area contributed by atoms with Crippen molar-refractivity contribution in [3.05, 3.63) is 53.6 Å². The summed E-state index contributed by atoms with van der Waals surface area (Å²) in [6.45, 7) is 3.47. The summed E-state index contributed by atoms with van der Waals surface area (Å²) in [5.74, 6) is 0.0339. The van der Waals surface area contributed by atoms with E-state index < -0.39 is 5.54 Å². The second kappa shape index (κ2) is 8.76. The fourth-order valence-electron chi connectivity index (χ4n) is 3.87. The molecule has 9 nitrogen and oxygen atoms in total. The molecule has 9 heteroatoms. The highest BCUT2D eigenvalue weighted by atomic mass is 16.6. The third-order valence-electron chi connectivity index (χ3n) is 5.32. The van der Waals surface area contributed by atoms with Crippen LogP contribution in [-0.2, 0) is 27.2 Å². The van der Waals surface area contributed by atoms with Crippen LogP contribution < -0.4 is 0 Å². The third kappa shape index (κ3) is 4.39. The summed E-state index contributed by atoms with van der Waals surface area (Å²) >= 11 is 0. The van der Waals surface area contributed by atoms with Crippen LogP contribution in [-0.4, -0.2) is 75.1 Å². The zero-order chi connectivity index (χ0) is 20.9. The molecule has 2 aromatic rings. The van der Waals surface area contributed by atoms with E-state index in [9.17, 15) is 9.59 Å². The van der Waals surface area contributed by atoms with Gasteiger partial charge in [0, 0.05) is 31.7 Å². The molecule has 2 aliphatic rings. The summed E-state index contributed by atoms with van der Waals surface area (Å²) in [6.07, 6.45) is 2.27. The number of nitrogens with one attached hydrogen (secondary N) is 1. The van der Waals surface area contributed by atoms with Crippen LogP contribution >= 0.6 is 0 Å². The van der Waals surface area contributed by atoms with Gasteiger partial charge in [-0.2, -0.15) is 0 Å². The molecule has 29 heavy (non-hydrogen) atoms. The maximum Gasteiger partial charge on any atom is 0.410 e. The van der Waals surface area contributed by atoms with Gasteiger partial charge >= 0.3 is 6.09 Å². The topological polar surface area (TPSA) is 116 Å². The Morgan fingerprint density at radius 2 is 2.07 bits per heavy atom. The Morgan fingerprint density at radius 3 is 2.72 bits per heavy atom. The largest absolute Gasteiger partial charge is 0.483 e. The number of imidazole rings is 1. The molecule has 0 spiro atoms. The number of cyclic esters (lactones) is 1. The maximum atomic E-state index is 12.8. The zero-order valence-corrected chi connectivity index (χ0v) is 16.2. The summed E-state index contributed by atoms with van der Waals surface area (Å²) < 4.78 is 5.36. The summed E-state index contributed by atoms with van der Waals surface area (Å²) in [4.78, 5) is 44.2. The molecule has 1 aromatic heterocycles. The van der Waals surface area contributed by atoms with Gasteiger partial charge in [-0.05, 0) is 12.5 Å². The molecule has 2 aliphatic heterocycles. The van der Waals surface area contributed by atoms with Crippen LogP contribution in [0.4, 0.5) is 4.79 Å². The number of fused-ring (bicyclic) bond motifs is 1. The van der Waals surface area contributed by atoms with E-state index in [2.05, 4.69) is 9.97 Å². The highest BCUT2D eigenvalue weighted by Gasteiger charge is 2.51. The number of aromatic nitrogens is 2. The highest BCUT2D eigenvalue weighted by Crippen LogP contribution is 2.32. The highest BCUT2D eigenvalue weighted by molar-refractivity contribution is 5.80. The summed E-state index contributed by atoms with van der Waals surface area (Å²) in [5.41, 5.74) is 2.32. The van der Waals surface area contributed by atoms with Crippen molar-refractivity contribution in [2.75, 3.05) is 26.2 Å². The average molecular weight is 400 g/mol. The molecule has 1 unspecified atom stereocenters. The lowest BCUT2D eigenvalue weighted by atomic mass is 9.88. The molecule has 0 saturated carbocycles. The number of carbonyl (C=O) groups is 3. The molecule has 0 radical (unpaired) electrons. The molecule has 0 bridgehead atoms. The molecule has 2 amide bonds. The van der Waals surface area contributed by atoms with Crippen LogP contribution in [0.3, 0.4) is 0 Å². The van der Waals surface area contributed by atoms with Crippen LogP contribution in [0.5, 0.6) is 0 Å². The molecular formula is C20H24N4O5. The molecule has 0 aliphatic carbocycles.